The molecule has 0 saturated heterocycles. The molecule has 3 rings (SSSR count). The summed E-state index contributed by atoms with van der Waals surface area (Å²) in [5, 5.41) is 14.7. The van der Waals surface area contributed by atoms with Crippen molar-refractivity contribution >= 4 is 35.1 Å². The van der Waals surface area contributed by atoms with Crippen LogP contribution in [-0.4, -0.2) is 42.1 Å². The van der Waals surface area contributed by atoms with E-state index in [0.29, 0.717) is 36.6 Å². The minimum atomic E-state index is -1.00. The summed E-state index contributed by atoms with van der Waals surface area (Å²) in [5.41, 5.74) is 1.19. The van der Waals surface area contributed by atoms with Gasteiger partial charge < -0.3 is 25.2 Å². The van der Waals surface area contributed by atoms with Crippen LogP contribution in [0, 0.1) is 11.8 Å². The van der Waals surface area contributed by atoms with Crippen LogP contribution in [0.1, 0.15) is 43.0 Å². The zero-order valence-corrected chi connectivity index (χ0v) is 20.1. The van der Waals surface area contributed by atoms with Crippen LogP contribution in [0.25, 0.3) is 0 Å². The van der Waals surface area contributed by atoms with E-state index in [2.05, 4.69) is 17.6 Å². The molecule has 0 aromatic heterocycles. The molecule has 1 aliphatic carbocycles. The number of esters is 1. The molecule has 2 atom stereocenters. The number of nitrogens with one attached hydrogen (secondary N) is 2. The molecule has 9 heteroatoms. The van der Waals surface area contributed by atoms with E-state index in [-0.39, 0.29) is 11.5 Å². The van der Waals surface area contributed by atoms with Crippen molar-refractivity contribution in [3.63, 3.8) is 0 Å². The lowest BCUT2D eigenvalue weighted by atomic mass is 9.82. The molecule has 3 N–H and O–H groups in total. The van der Waals surface area contributed by atoms with Crippen molar-refractivity contribution in [1.82, 2.24) is 0 Å². The van der Waals surface area contributed by atoms with Crippen molar-refractivity contribution in [2.45, 2.75) is 32.6 Å². The number of allylic oxidation sites excluding steroid dienone is 2. The predicted molar refractivity (Wildman–Crippen MR) is 134 cm³/mol. The summed E-state index contributed by atoms with van der Waals surface area (Å²) in [4.78, 5) is 48.4. The molecule has 0 saturated carbocycles. The summed E-state index contributed by atoms with van der Waals surface area (Å²) in [6, 6.07) is 12.9. The Hall–Kier alpha value is -4.14. The van der Waals surface area contributed by atoms with Gasteiger partial charge in [0, 0.05) is 11.4 Å². The molecule has 0 radical (unpaired) electrons. The van der Waals surface area contributed by atoms with Gasteiger partial charge in [0.25, 0.3) is 5.91 Å². The van der Waals surface area contributed by atoms with Crippen molar-refractivity contribution in [2.24, 2.45) is 11.8 Å². The quantitative estimate of drug-likeness (QED) is 0.242. The van der Waals surface area contributed by atoms with Crippen LogP contribution < -0.4 is 15.4 Å². The van der Waals surface area contributed by atoms with Gasteiger partial charge in [0.2, 0.25) is 5.91 Å². The summed E-state index contributed by atoms with van der Waals surface area (Å²) in [6.07, 6.45) is 6.24. The molecule has 2 aromatic carbocycles. The van der Waals surface area contributed by atoms with Gasteiger partial charge >= 0.3 is 11.9 Å². The SMILES string of the molecule is CCCCOc1ccc(NC(=O)COC(=O)c2ccc(NC(=O)[C@H]3CC=CC[C@H]3C(=O)O)cc2)cc1. The Balaban J connectivity index is 1.45. The number of aliphatic carboxylic acids is 1. The molecule has 190 valence electrons. The summed E-state index contributed by atoms with van der Waals surface area (Å²) in [7, 11) is 0. The van der Waals surface area contributed by atoms with Gasteiger partial charge in [-0.15, -0.1) is 0 Å². The van der Waals surface area contributed by atoms with Crippen molar-refractivity contribution in [3.05, 3.63) is 66.2 Å². The number of hydrogen-bond acceptors (Lipinski definition) is 6. The second-order valence-corrected chi connectivity index (χ2v) is 8.41. The highest BCUT2D eigenvalue weighted by atomic mass is 16.5. The molecule has 0 heterocycles. The van der Waals surface area contributed by atoms with Crippen LogP contribution in [0.5, 0.6) is 5.75 Å². The van der Waals surface area contributed by atoms with E-state index >= 15 is 0 Å². The van der Waals surface area contributed by atoms with Gasteiger partial charge in [0.15, 0.2) is 6.61 Å². The first kappa shape index (κ1) is 26.5. The molecule has 9 nitrogen and oxygen atoms in total. The predicted octanol–water partition coefficient (Wildman–Crippen LogP) is 4.27. The average Bonchev–Trinajstić information content (AvgIpc) is 2.89. The zero-order chi connectivity index (χ0) is 25.9. The van der Waals surface area contributed by atoms with Crippen LogP contribution >= 0.6 is 0 Å². The first-order valence-corrected chi connectivity index (χ1v) is 11.9. The third kappa shape index (κ3) is 7.69. The van der Waals surface area contributed by atoms with Crippen molar-refractivity contribution in [3.8, 4) is 5.75 Å². The fraction of sp³-hybridized carbons (Fsp3) is 0.333. The molecule has 36 heavy (non-hydrogen) atoms. The van der Waals surface area contributed by atoms with Crippen LogP contribution in [-0.2, 0) is 19.1 Å². The molecular formula is C27H30N2O7. The van der Waals surface area contributed by atoms with Crippen molar-refractivity contribution < 1.29 is 33.8 Å². The van der Waals surface area contributed by atoms with Gasteiger partial charge in [-0.1, -0.05) is 25.5 Å². The third-order valence-corrected chi connectivity index (χ3v) is 5.71. The number of hydrogen-bond donors (Lipinski definition) is 3. The molecule has 2 amide bonds. The van der Waals surface area contributed by atoms with Gasteiger partial charge in [0.1, 0.15) is 5.75 Å². The minimum Gasteiger partial charge on any atom is -0.494 e. The maximum atomic E-state index is 12.6. The number of carbonyl (C=O) groups is 4. The fourth-order valence-corrected chi connectivity index (χ4v) is 3.68. The van der Waals surface area contributed by atoms with E-state index in [1.54, 1.807) is 36.4 Å². The molecule has 0 fully saturated rings. The summed E-state index contributed by atoms with van der Waals surface area (Å²) >= 11 is 0. The second kappa shape index (κ2) is 13.1. The lowest BCUT2D eigenvalue weighted by Crippen LogP contribution is -2.34. The molecule has 0 spiro atoms. The maximum Gasteiger partial charge on any atom is 0.338 e. The molecule has 1 aliphatic rings. The number of unbranched alkanes of at least 4 members (excludes halogenated alkanes) is 1. The number of amides is 2. The van der Waals surface area contributed by atoms with Crippen LogP contribution in [0.4, 0.5) is 11.4 Å². The van der Waals surface area contributed by atoms with Gasteiger partial charge in [-0.2, -0.15) is 0 Å². The highest BCUT2D eigenvalue weighted by molar-refractivity contribution is 5.97. The number of ether oxygens (including phenoxy) is 2. The number of carboxylic acid groups (broad SMARTS) is 1. The van der Waals surface area contributed by atoms with Gasteiger partial charge in [-0.25, -0.2) is 4.79 Å². The molecule has 0 bridgehead atoms. The Kier molecular flexibility index (Phi) is 9.62. The van der Waals surface area contributed by atoms with E-state index < -0.39 is 36.3 Å². The zero-order valence-electron chi connectivity index (χ0n) is 20.1. The Morgan fingerprint density at radius 3 is 2.14 bits per heavy atom. The summed E-state index contributed by atoms with van der Waals surface area (Å²) in [5.74, 6) is -3.29. The molecular weight excluding hydrogens is 464 g/mol. The monoisotopic (exact) mass is 494 g/mol. The van der Waals surface area contributed by atoms with Crippen molar-refractivity contribution in [1.29, 1.82) is 0 Å². The van der Waals surface area contributed by atoms with Gasteiger partial charge in [-0.05, 0) is 67.8 Å². The topological polar surface area (TPSA) is 131 Å². The molecule has 0 unspecified atom stereocenters. The highest BCUT2D eigenvalue weighted by Gasteiger charge is 2.33. The smallest absolute Gasteiger partial charge is 0.338 e. The lowest BCUT2D eigenvalue weighted by Gasteiger charge is -2.24. The normalized spacial score (nSPS) is 16.6. The number of rotatable bonds is 11. The van der Waals surface area contributed by atoms with E-state index in [4.69, 9.17) is 9.47 Å². The van der Waals surface area contributed by atoms with Gasteiger partial charge in [0.05, 0.1) is 24.0 Å². The highest BCUT2D eigenvalue weighted by Crippen LogP contribution is 2.27. The second-order valence-electron chi connectivity index (χ2n) is 8.41. The Morgan fingerprint density at radius 2 is 1.50 bits per heavy atom. The third-order valence-electron chi connectivity index (χ3n) is 5.71. The van der Waals surface area contributed by atoms with Crippen LogP contribution in [0.3, 0.4) is 0 Å². The first-order chi connectivity index (χ1) is 17.4. The minimum absolute atomic E-state index is 0.207. The van der Waals surface area contributed by atoms with E-state index in [1.807, 2.05) is 0 Å². The Bertz CT molecular complexity index is 1090. The number of anilines is 2. The Labute approximate surface area is 209 Å². The van der Waals surface area contributed by atoms with Crippen LogP contribution in [0.2, 0.25) is 0 Å². The summed E-state index contributed by atoms with van der Waals surface area (Å²) in [6.45, 7) is 2.26. The maximum absolute atomic E-state index is 12.6. The number of benzene rings is 2. The van der Waals surface area contributed by atoms with E-state index in [1.165, 1.54) is 24.3 Å². The summed E-state index contributed by atoms with van der Waals surface area (Å²) < 4.78 is 10.6. The molecule has 0 aliphatic heterocycles. The number of carbonyl (C=O) groups excluding carboxylic acids is 3. The van der Waals surface area contributed by atoms with Crippen molar-refractivity contribution in [2.75, 3.05) is 23.8 Å². The molecule has 2 aromatic rings. The lowest BCUT2D eigenvalue weighted by molar-refractivity contribution is -0.146. The average molecular weight is 495 g/mol. The fourth-order valence-electron chi connectivity index (χ4n) is 3.68. The van der Waals surface area contributed by atoms with Gasteiger partial charge in [-0.3, -0.25) is 14.4 Å². The standard InChI is InChI=1S/C27H30N2O7/c1-2-3-16-35-21-14-12-19(13-15-21)28-24(30)17-36-27(34)18-8-10-20(11-9-18)29-25(31)22-6-4-5-7-23(22)26(32)33/h4-5,8-15,22-23H,2-3,6-7,16-17H2,1H3,(H,28,30)(H,29,31)(H,32,33)/t22-,23+/m0/s1. The number of carboxylic acids is 1. The van der Waals surface area contributed by atoms with Crippen LogP contribution in [0.15, 0.2) is 60.7 Å². The first-order valence-electron chi connectivity index (χ1n) is 11.9. The van der Waals surface area contributed by atoms with E-state index in [9.17, 15) is 24.3 Å². The van der Waals surface area contributed by atoms with E-state index in [0.717, 1.165) is 12.8 Å². The Morgan fingerprint density at radius 1 is 0.889 bits per heavy atom. The largest absolute Gasteiger partial charge is 0.494 e.